The van der Waals surface area contributed by atoms with Crippen molar-refractivity contribution in [3.8, 4) is 11.4 Å². The number of amides is 2. The Morgan fingerprint density at radius 1 is 1.10 bits per heavy atom. The van der Waals surface area contributed by atoms with Gasteiger partial charge in [0.1, 0.15) is 11.4 Å². The van der Waals surface area contributed by atoms with Crippen LogP contribution in [-0.4, -0.2) is 45.0 Å². The average Bonchev–Trinajstić information content (AvgIpc) is 3.29. The van der Waals surface area contributed by atoms with E-state index in [0.29, 0.717) is 36.7 Å². The predicted octanol–water partition coefficient (Wildman–Crippen LogP) is 2.64. The first kappa shape index (κ1) is 18.9. The molecule has 1 aliphatic rings. The fourth-order valence-corrected chi connectivity index (χ4v) is 3.55. The molecule has 4 rings (SSSR count). The minimum atomic E-state index is -0.199. The lowest BCUT2D eigenvalue weighted by molar-refractivity contribution is -0.126. The minimum absolute atomic E-state index is 0.00913. The van der Waals surface area contributed by atoms with Crippen molar-refractivity contribution in [2.75, 3.05) is 13.1 Å². The number of nitrogens with one attached hydrogen (secondary N) is 2. The summed E-state index contributed by atoms with van der Waals surface area (Å²) in [5, 5.41) is 10.0. The van der Waals surface area contributed by atoms with Crippen molar-refractivity contribution < 1.29 is 9.59 Å². The van der Waals surface area contributed by atoms with Crippen LogP contribution in [0.5, 0.6) is 0 Å². The van der Waals surface area contributed by atoms with Crippen LogP contribution in [0.3, 0.4) is 0 Å². The summed E-state index contributed by atoms with van der Waals surface area (Å²) < 4.78 is 0. The van der Waals surface area contributed by atoms with E-state index in [4.69, 9.17) is 0 Å². The standard InChI is InChI=1S/C22H23N5O2/c28-21(24-14-16-7-2-1-3-8-16)17-9-6-12-27(15-17)22(29)20-13-19(25-26-20)18-10-4-5-11-23-18/h1-5,7-8,10-11,13,17H,6,9,12,14-15H2,(H,24,28)(H,25,26)/t17-/m1/s1. The lowest BCUT2D eigenvalue weighted by atomic mass is 9.96. The second-order valence-electron chi connectivity index (χ2n) is 7.18. The Hall–Kier alpha value is -3.48. The Balaban J connectivity index is 1.37. The van der Waals surface area contributed by atoms with E-state index in [2.05, 4.69) is 20.5 Å². The molecule has 0 unspecified atom stereocenters. The molecule has 7 heteroatoms. The predicted molar refractivity (Wildman–Crippen MR) is 109 cm³/mol. The molecule has 0 aliphatic carbocycles. The molecule has 1 aliphatic heterocycles. The van der Waals surface area contributed by atoms with Crippen LogP contribution in [0.15, 0.2) is 60.8 Å². The van der Waals surface area contributed by atoms with Gasteiger partial charge in [0, 0.05) is 25.8 Å². The van der Waals surface area contributed by atoms with E-state index >= 15 is 0 Å². The molecule has 148 valence electrons. The minimum Gasteiger partial charge on any atom is -0.352 e. The van der Waals surface area contributed by atoms with Crippen LogP contribution >= 0.6 is 0 Å². The molecule has 29 heavy (non-hydrogen) atoms. The second-order valence-corrected chi connectivity index (χ2v) is 7.18. The van der Waals surface area contributed by atoms with Gasteiger partial charge in [-0.1, -0.05) is 36.4 Å². The van der Waals surface area contributed by atoms with Gasteiger partial charge in [-0.25, -0.2) is 0 Å². The second kappa shape index (κ2) is 8.68. The summed E-state index contributed by atoms with van der Waals surface area (Å²) in [4.78, 5) is 31.5. The molecule has 1 fully saturated rings. The van der Waals surface area contributed by atoms with E-state index in [1.165, 1.54) is 0 Å². The number of H-pyrrole nitrogens is 1. The van der Waals surface area contributed by atoms with E-state index in [1.807, 2.05) is 48.5 Å². The number of piperidine rings is 1. The molecule has 1 atom stereocenters. The third-order valence-electron chi connectivity index (χ3n) is 5.12. The van der Waals surface area contributed by atoms with Crippen molar-refractivity contribution in [1.82, 2.24) is 25.4 Å². The van der Waals surface area contributed by atoms with Crippen LogP contribution < -0.4 is 5.32 Å². The van der Waals surface area contributed by atoms with Crippen LogP contribution in [-0.2, 0) is 11.3 Å². The zero-order valence-electron chi connectivity index (χ0n) is 16.0. The van der Waals surface area contributed by atoms with Crippen molar-refractivity contribution in [2.45, 2.75) is 19.4 Å². The maximum atomic E-state index is 12.9. The van der Waals surface area contributed by atoms with Crippen LogP contribution in [0.1, 0.15) is 28.9 Å². The van der Waals surface area contributed by atoms with Crippen LogP contribution in [0.25, 0.3) is 11.4 Å². The highest BCUT2D eigenvalue weighted by molar-refractivity contribution is 5.93. The lowest BCUT2D eigenvalue weighted by Crippen LogP contribution is -2.45. The van der Waals surface area contributed by atoms with Gasteiger partial charge in [0.05, 0.1) is 11.6 Å². The summed E-state index contributed by atoms with van der Waals surface area (Å²) in [5.41, 5.74) is 2.81. The highest BCUT2D eigenvalue weighted by Gasteiger charge is 2.29. The van der Waals surface area contributed by atoms with Gasteiger partial charge < -0.3 is 10.2 Å². The normalized spacial score (nSPS) is 16.4. The summed E-state index contributed by atoms with van der Waals surface area (Å²) >= 11 is 0. The molecule has 0 spiro atoms. The summed E-state index contributed by atoms with van der Waals surface area (Å²) in [6.07, 6.45) is 3.28. The molecule has 2 aromatic heterocycles. The maximum absolute atomic E-state index is 12.9. The number of carbonyl (C=O) groups is 2. The molecular formula is C22H23N5O2. The van der Waals surface area contributed by atoms with Gasteiger partial charge in [0.25, 0.3) is 5.91 Å². The molecule has 1 aromatic carbocycles. The Morgan fingerprint density at radius 2 is 1.93 bits per heavy atom. The lowest BCUT2D eigenvalue weighted by Gasteiger charge is -2.31. The Labute approximate surface area is 169 Å². The smallest absolute Gasteiger partial charge is 0.271 e. The quantitative estimate of drug-likeness (QED) is 0.702. The fraction of sp³-hybridized carbons (Fsp3) is 0.273. The highest BCUT2D eigenvalue weighted by atomic mass is 16.2. The summed E-state index contributed by atoms with van der Waals surface area (Å²) in [6, 6.07) is 17.1. The molecular weight excluding hydrogens is 366 g/mol. The monoisotopic (exact) mass is 389 g/mol. The number of pyridine rings is 1. The van der Waals surface area contributed by atoms with Gasteiger partial charge in [-0.15, -0.1) is 0 Å². The number of hydrogen-bond donors (Lipinski definition) is 2. The van der Waals surface area contributed by atoms with Gasteiger partial charge in [0.15, 0.2) is 0 Å². The molecule has 0 saturated carbocycles. The first-order valence-corrected chi connectivity index (χ1v) is 9.78. The van der Waals surface area contributed by atoms with Gasteiger partial charge in [-0.2, -0.15) is 5.10 Å². The number of aromatic nitrogens is 3. The SMILES string of the molecule is O=C(NCc1ccccc1)[C@@H]1CCCN(C(=O)c2cc(-c3ccccn3)n[nH]2)C1. The van der Waals surface area contributed by atoms with E-state index in [1.54, 1.807) is 17.2 Å². The largest absolute Gasteiger partial charge is 0.352 e. The van der Waals surface area contributed by atoms with Gasteiger partial charge in [0.2, 0.25) is 5.91 Å². The third-order valence-corrected chi connectivity index (χ3v) is 5.12. The zero-order chi connectivity index (χ0) is 20.1. The number of aromatic amines is 1. The van der Waals surface area contributed by atoms with E-state index < -0.39 is 0 Å². The van der Waals surface area contributed by atoms with E-state index in [0.717, 1.165) is 18.4 Å². The van der Waals surface area contributed by atoms with E-state index in [9.17, 15) is 9.59 Å². The molecule has 2 amide bonds. The van der Waals surface area contributed by atoms with Gasteiger partial charge in [-0.05, 0) is 36.6 Å². The molecule has 3 aromatic rings. The highest BCUT2D eigenvalue weighted by Crippen LogP contribution is 2.20. The fourth-order valence-electron chi connectivity index (χ4n) is 3.55. The number of rotatable bonds is 5. The number of benzene rings is 1. The summed E-state index contributed by atoms with van der Waals surface area (Å²) in [7, 11) is 0. The first-order valence-electron chi connectivity index (χ1n) is 9.78. The number of likely N-dealkylation sites (tertiary alicyclic amines) is 1. The molecule has 3 heterocycles. The molecule has 1 saturated heterocycles. The van der Waals surface area contributed by atoms with Crippen molar-refractivity contribution in [2.24, 2.45) is 5.92 Å². The molecule has 0 bridgehead atoms. The molecule has 7 nitrogen and oxygen atoms in total. The van der Waals surface area contributed by atoms with Gasteiger partial charge >= 0.3 is 0 Å². The van der Waals surface area contributed by atoms with Crippen LogP contribution in [0, 0.1) is 5.92 Å². The van der Waals surface area contributed by atoms with Crippen LogP contribution in [0.2, 0.25) is 0 Å². The Bertz CT molecular complexity index is 971. The van der Waals surface area contributed by atoms with Crippen LogP contribution in [0.4, 0.5) is 0 Å². The Morgan fingerprint density at radius 3 is 2.72 bits per heavy atom. The van der Waals surface area contributed by atoms with Crippen molar-refractivity contribution in [3.05, 3.63) is 72.1 Å². The molecule has 2 N–H and O–H groups in total. The van der Waals surface area contributed by atoms with Crippen molar-refractivity contribution in [3.63, 3.8) is 0 Å². The first-order chi connectivity index (χ1) is 14.2. The third kappa shape index (κ3) is 4.51. The average molecular weight is 389 g/mol. The maximum Gasteiger partial charge on any atom is 0.271 e. The number of carbonyl (C=O) groups excluding carboxylic acids is 2. The number of nitrogens with zero attached hydrogens (tertiary/aromatic N) is 3. The Kier molecular flexibility index (Phi) is 5.65. The van der Waals surface area contributed by atoms with Crippen molar-refractivity contribution in [1.29, 1.82) is 0 Å². The zero-order valence-corrected chi connectivity index (χ0v) is 16.0. The van der Waals surface area contributed by atoms with E-state index in [-0.39, 0.29) is 17.7 Å². The summed E-state index contributed by atoms with van der Waals surface area (Å²) in [6.45, 7) is 1.55. The van der Waals surface area contributed by atoms with Gasteiger partial charge in [-0.3, -0.25) is 19.7 Å². The summed E-state index contributed by atoms with van der Waals surface area (Å²) in [5.74, 6) is -0.347. The number of hydrogen-bond acceptors (Lipinski definition) is 4. The topological polar surface area (TPSA) is 91.0 Å². The molecule has 0 radical (unpaired) electrons. The van der Waals surface area contributed by atoms with Crippen molar-refractivity contribution >= 4 is 11.8 Å².